The molecule has 5 N–H and O–H groups in total. The molecule has 0 bridgehead atoms. The maximum Gasteiger partial charge on any atom is 0.248 e. The number of nitrogens with two attached hydrogens (primary N) is 2. The van der Waals surface area contributed by atoms with Gasteiger partial charge < -0.3 is 16.8 Å². The number of hydrogen-bond acceptors (Lipinski definition) is 6. The van der Waals surface area contributed by atoms with Gasteiger partial charge >= 0.3 is 0 Å². The van der Waals surface area contributed by atoms with Gasteiger partial charge in [-0.1, -0.05) is 12.1 Å². The monoisotopic (exact) mass is 354 g/mol. The Hall–Kier alpha value is -2.51. The number of carbonyl (C=O) groups excluding carboxylic acids is 1. The number of aromatic nitrogens is 2. The summed E-state index contributed by atoms with van der Waals surface area (Å²) in [5, 5.41) is 3.46. The molecule has 1 atom stereocenters. The fourth-order valence-corrected chi connectivity index (χ4v) is 3.36. The zero-order valence-corrected chi connectivity index (χ0v) is 14.9. The van der Waals surface area contributed by atoms with E-state index in [9.17, 15) is 4.79 Å². The summed E-state index contributed by atoms with van der Waals surface area (Å²) in [6.07, 6.45) is 5.07. The highest BCUT2D eigenvalue weighted by molar-refractivity contribution is 5.92. The van der Waals surface area contributed by atoms with E-state index in [0.29, 0.717) is 24.0 Å². The molecule has 2 heterocycles. The van der Waals surface area contributed by atoms with Gasteiger partial charge in [0.2, 0.25) is 5.91 Å². The summed E-state index contributed by atoms with van der Waals surface area (Å²) < 4.78 is 0. The van der Waals surface area contributed by atoms with Crippen LogP contribution in [0.2, 0.25) is 0 Å². The molecule has 1 fully saturated rings. The van der Waals surface area contributed by atoms with Gasteiger partial charge in [0.1, 0.15) is 11.6 Å². The first-order valence-corrected chi connectivity index (χ1v) is 9.03. The highest BCUT2D eigenvalue weighted by atomic mass is 16.1. The van der Waals surface area contributed by atoms with E-state index in [0.717, 1.165) is 50.3 Å². The number of nitrogens with one attached hydrogen (secondary N) is 1. The Balaban J connectivity index is 1.78. The van der Waals surface area contributed by atoms with Crippen LogP contribution < -0.4 is 16.8 Å². The minimum atomic E-state index is -0.406. The Bertz CT molecular complexity index is 725. The Morgan fingerprint density at radius 2 is 1.96 bits per heavy atom. The van der Waals surface area contributed by atoms with E-state index in [4.69, 9.17) is 11.5 Å². The molecule has 7 nitrogen and oxygen atoms in total. The zero-order valence-electron chi connectivity index (χ0n) is 14.9. The van der Waals surface area contributed by atoms with Crippen LogP contribution >= 0.6 is 0 Å². The van der Waals surface area contributed by atoms with Gasteiger partial charge in [0, 0.05) is 24.3 Å². The van der Waals surface area contributed by atoms with E-state index >= 15 is 0 Å². The largest absolute Gasteiger partial charge is 0.384 e. The van der Waals surface area contributed by atoms with Crippen molar-refractivity contribution >= 4 is 11.7 Å². The number of primary amides is 1. The van der Waals surface area contributed by atoms with Crippen molar-refractivity contribution in [3.8, 4) is 0 Å². The van der Waals surface area contributed by atoms with Crippen molar-refractivity contribution in [3.05, 3.63) is 53.5 Å². The van der Waals surface area contributed by atoms with Crippen LogP contribution in [0.4, 0.5) is 5.82 Å². The number of carbonyl (C=O) groups is 1. The minimum absolute atomic E-state index is 0.406. The molecule has 0 spiro atoms. The van der Waals surface area contributed by atoms with Gasteiger partial charge in [-0.25, -0.2) is 9.97 Å². The van der Waals surface area contributed by atoms with Crippen molar-refractivity contribution in [2.24, 2.45) is 5.73 Å². The van der Waals surface area contributed by atoms with Crippen LogP contribution in [0.3, 0.4) is 0 Å². The second-order valence-electron chi connectivity index (χ2n) is 6.70. The van der Waals surface area contributed by atoms with Gasteiger partial charge in [0.25, 0.3) is 0 Å². The van der Waals surface area contributed by atoms with Crippen LogP contribution in [0.15, 0.2) is 36.5 Å². The summed E-state index contributed by atoms with van der Waals surface area (Å²) in [4.78, 5) is 22.4. The molecular weight excluding hydrogens is 328 g/mol. The summed E-state index contributed by atoms with van der Waals surface area (Å²) in [5.74, 6) is 0.815. The number of benzene rings is 1. The van der Waals surface area contributed by atoms with Crippen molar-refractivity contribution in [2.45, 2.75) is 38.4 Å². The summed E-state index contributed by atoms with van der Waals surface area (Å²) >= 11 is 0. The molecule has 1 aliphatic heterocycles. The Labute approximate surface area is 153 Å². The molecule has 0 aliphatic carbocycles. The number of anilines is 1. The lowest BCUT2D eigenvalue weighted by atomic mass is 10.1. The molecule has 1 aromatic heterocycles. The SMILES string of the molecule is NC(=O)c1ccc(CN(Cc2nccc(N)n2)C2CCCNCC2)cc1. The molecular formula is C19H26N6O. The topological polar surface area (TPSA) is 110 Å². The summed E-state index contributed by atoms with van der Waals surface area (Å²) in [5.41, 5.74) is 12.8. The molecule has 1 aromatic carbocycles. The lowest BCUT2D eigenvalue weighted by Gasteiger charge is -2.30. The Morgan fingerprint density at radius 1 is 1.15 bits per heavy atom. The van der Waals surface area contributed by atoms with Crippen molar-refractivity contribution < 1.29 is 4.79 Å². The van der Waals surface area contributed by atoms with Crippen molar-refractivity contribution in [1.29, 1.82) is 0 Å². The summed E-state index contributed by atoms with van der Waals surface area (Å²) in [7, 11) is 0. The number of hydrogen-bond donors (Lipinski definition) is 3. The van der Waals surface area contributed by atoms with Gasteiger partial charge in [-0.3, -0.25) is 9.69 Å². The number of nitrogen functional groups attached to an aromatic ring is 1. The van der Waals surface area contributed by atoms with E-state index in [-0.39, 0.29) is 0 Å². The number of amides is 1. The number of rotatable bonds is 6. The first kappa shape index (κ1) is 18.3. The van der Waals surface area contributed by atoms with Crippen molar-refractivity contribution in [1.82, 2.24) is 20.2 Å². The van der Waals surface area contributed by atoms with Gasteiger partial charge in [0.15, 0.2) is 0 Å². The zero-order chi connectivity index (χ0) is 18.4. The molecule has 1 saturated heterocycles. The fourth-order valence-electron chi connectivity index (χ4n) is 3.36. The van der Waals surface area contributed by atoms with Gasteiger partial charge in [-0.15, -0.1) is 0 Å². The summed E-state index contributed by atoms with van der Waals surface area (Å²) in [6, 6.07) is 9.63. The second-order valence-corrected chi connectivity index (χ2v) is 6.70. The van der Waals surface area contributed by atoms with E-state index in [1.807, 2.05) is 12.1 Å². The average molecular weight is 354 g/mol. The number of nitrogens with zero attached hydrogens (tertiary/aromatic N) is 3. The fraction of sp³-hybridized carbons (Fsp3) is 0.421. The lowest BCUT2D eigenvalue weighted by Crippen LogP contribution is -2.35. The van der Waals surface area contributed by atoms with E-state index in [1.54, 1.807) is 24.4 Å². The minimum Gasteiger partial charge on any atom is -0.384 e. The quantitative estimate of drug-likeness (QED) is 0.721. The molecule has 1 aliphatic rings. The van der Waals surface area contributed by atoms with Gasteiger partial charge in [0.05, 0.1) is 6.54 Å². The lowest BCUT2D eigenvalue weighted by molar-refractivity contribution is 0.1000. The Kier molecular flexibility index (Phi) is 6.14. The van der Waals surface area contributed by atoms with Gasteiger partial charge in [-0.2, -0.15) is 0 Å². The highest BCUT2D eigenvalue weighted by Crippen LogP contribution is 2.19. The predicted molar refractivity (Wildman–Crippen MR) is 101 cm³/mol. The second kappa shape index (κ2) is 8.73. The van der Waals surface area contributed by atoms with Crippen LogP contribution in [0, 0.1) is 0 Å². The third-order valence-electron chi connectivity index (χ3n) is 4.76. The van der Waals surface area contributed by atoms with E-state index < -0.39 is 5.91 Å². The van der Waals surface area contributed by atoms with Crippen LogP contribution in [0.1, 0.15) is 41.0 Å². The van der Waals surface area contributed by atoms with Crippen molar-refractivity contribution in [3.63, 3.8) is 0 Å². The molecule has 26 heavy (non-hydrogen) atoms. The smallest absolute Gasteiger partial charge is 0.248 e. The summed E-state index contributed by atoms with van der Waals surface area (Å²) in [6.45, 7) is 3.49. The molecule has 138 valence electrons. The van der Waals surface area contributed by atoms with Crippen LogP contribution in [-0.2, 0) is 13.1 Å². The van der Waals surface area contributed by atoms with Crippen LogP contribution in [0.5, 0.6) is 0 Å². The Morgan fingerprint density at radius 3 is 2.69 bits per heavy atom. The highest BCUT2D eigenvalue weighted by Gasteiger charge is 2.21. The first-order valence-electron chi connectivity index (χ1n) is 9.03. The average Bonchev–Trinajstić information content (AvgIpc) is 2.91. The molecule has 0 saturated carbocycles. The predicted octanol–water partition coefficient (Wildman–Crippen LogP) is 1.30. The molecule has 1 amide bonds. The third kappa shape index (κ3) is 5.00. The maximum atomic E-state index is 11.3. The maximum absolute atomic E-state index is 11.3. The van der Waals surface area contributed by atoms with Crippen LogP contribution in [0.25, 0.3) is 0 Å². The molecule has 1 unspecified atom stereocenters. The molecule has 0 radical (unpaired) electrons. The molecule has 7 heteroatoms. The normalized spacial score (nSPS) is 17.8. The standard InChI is InChI=1S/C19H26N6O/c20-17-8-11-23-18(24-17)13-25(16-2-1-9-22-10-7-16)12-14-3-5-15(6-4-14)19(21)26/h3-6,8,11,16,22H,1-2,7,9-10,12-13H2,(H2,21,26)(H2,20,23,24). The van der Waals surface area contributed by atoms with Gasteiger partial charge in [-0.05, 0) is 56.1 Å². The van der Waals surface area contributed by atoms with E-state index in [2.05, 4.69) is 20.2 Å². The molecule has 2 aromatic rings. The molecule has 3 rings (SSSR count). The van der Waals surface area contributed by atoms with E-state index in [1.165, 1.54) is 0 Å². The van der Waals surface area contributed by atoms with Crippen molar-refractivity contribution in [2.75, 3.05) is 18.8 Å². The third-order valence-corrected chi connectivity index (χ3v) is 4.76. The first-order chi connectivity index (χ1) is 12.6. The van der Waals surface area contributed by atoms with Crippen LogP contribution in [-0.4, -0.2) is 39.9 Å².